The van der Waals surface area contributed by atoms with Crippen LogP contribution in [0.15, 0.2) is 95.5 Å². The Balaban J connectivity index is 1.20. The molecule has 5 rings (SSSR count). The zero-order valence-electron chi connectivity index (χ0n) is 22.6. The minimum Gasteiger partial charge on any atom is -0.322 e. The number of hydrogen-bond acceptors (Lipinski definition) is 5. The molecular weight excluding hydrogens is 602 g/mol. The molecule has 2 amide bonds. The molecule has 4 aromatic rings. The standard InChI is InChI=1S/C32H30BrN3O4S/c1-22-2-13-29(35-32(38)26-9-11-27(33)12-10-26)20-30(22)24-5-7-25(8-6-24)31(37)34-28-14-3-23(4-15-28)21-36-16-18-41(39,40)19-17-36/h2-15,20H,16-19,21H2,1H3,(H,34,37)(H,35,38). The number of hydrogen-bond donors (Lipinski definition) is 2. The van der Waals surface area contributed by atoms with Crippen molar-refractivity contribution in [1.82, 2.24) is 4.90 Å². The molecule has 2 N–H and O–H groups in total. The van der Waals surface area contributed by atoms with Crippen molar-refractivity contribution in [2.75, 3.05) is 35.2 Å². The highest BCUT2D eigenvalue weighted by Gasteiger charge is 2.21. The first-order chi connectivity index (χ1) is 19.6. The van der Waals surface area contributed by atoms with Crippen LogP contribution in [0.5, 0.6) is 0 Å². The van der Waals surface area contributed by atoms with Gasteiger partial charge in [-0.2, -0.15) is 0 Å². The van der Waals surface area contributed by atoms with Gasteiger partial charge < -0.3 is 10.6 Å². The number of aryl methyl sites for hydroxylation is 1. The predicted octanol–water partition coefficient (Wildman–Crippen LogP) is 6.16. The van der Waals surface area contributed by atoms with E-state index in [2.05, 4.69) is 31.5 Å². The first kappa shape index (κ1) is 28.7. The summed E-state index contributed by atoms with van der Waals surface area (Å²) in [4.78, 5) is 27.7. The molecule has 0 atom stereocenters. The normalized spacial score (nSPS) is 14.8. The van der Waals surface area contributed by atoms with Gasteiger partial charge in [-0.1, -0.05) is 46.3 Å². The van der Waals surface area contributed by atoms with Crippen LogP contribution >= 0.6 is 15.9 Å². The molecule has 1 aliphatic rings. The topological polar surface area (TPSA) is 95.6 Å². The smallest absolute Gasteiger partial charge is 0.255 e. The Kier molecular flexibility index (Phi) is 8.68. The van der Waals surface area contributed by atoms with Crippen LogP contribution in [0.2, 0.25) is 0 Å². The molecule has 210 valence electrons. The molecule has 1 aliphatic heterocycles. The Bertz CT molecular complexity index is 1660. The van der Waals surface area contributed by atoms with Crippen molar-refractivity contribution in [2.45, 2.75) is 13.5 Å². The summed E-state index contributed by atoms with van der Waals surface area (Å²) in [5.74, 6) is 0.00894. The van der Waals surface area contributed by atoms with E-state index in [1.165, 1.54) is 0 Å². The van der Waals surface area contributed by atoms with Crippen molar-refractivity contribution >= 4 is 49.0 Å². The lowest BCUT2D eigenvalue weighted by molar-refractivity contribution is 0.101. The molecule has 4 aromatic carbocycles. The Labute approximate surface area is 248 Å². The van der Waals surface area contributed by atoms with Gasteiger partial charge in [0.25, 0.3) is 11.8 Å². The Morgan fingerprint density at radius 3 is 1.90 bits per heavy atom. The maximum atomic E-state index is 12.9. The van der Waals surface area contributed by atoms with E-state index in [-0.39, 0.29) is 23.3 Å². The molecule has 0 unspecified atom stereocenters. The summed E-state index contributed by atoms with van der Waals surface area (Å²) in [5, 5.41) is 5.89. The molecule has 9 heteroatoms. The highest BCUT2D eigenvalue weighted by molar-refractivity contribution is 9.10. The van der Waals surface area contributed by atoms with Crippen molar-refractivity contribution in [3.8, 4) is 11.1 Å². The van der Waals surface area contributed by atoms with Crippen LogP contribution in [0.25, 0.3) is 11.1 Å². The fourth-order valence-corrected chi connectivity index (χ4v) is 6.22. The maximum Gasteiger partial charge on any atom is 0.255 e. The van der Waals surface area contributed by atoms with E-state index in [4.69, 9.17) is 0 Å². The minimum atomic E-state index is -2.90. The van der Waals surface area contributed by atoms with Crippen LogP contribution in [0, 0.1) is 6.92 Å². The zero-order valence-corrected chi connectivity index (χ0v) is 25.0. The first-order valence-corrected chi connectivity index (χ1v) is 15.9. The van der Waals surface area contributed by atoms with Gasteiger partial charge in [-0.15, -0.1) is 0 Å². The summed E-state index contributed by atoms with van der Waals surface area (Å²) in [6.45, 7) is 3.77. The lowest BCUT2D eigenvalue weighted by Gasteiger charge is -2.26. The van der Waals surface area contributed by atoms with Gasteiger partial charge in [0.05, 0.1) is 11.5 Å². The molecule has 1 heterocycles. The fraction of sp³-hybridized carbons (Fsp3) is 0.188. The van der Waals surface area contributed by atoms with Gasteiger partial charge in [0, 0.05) is 46.6 Å². The molecular formula is C32H30BrN3O4S. The second kappa shape index (κ2) is 12.4. The molecule has 0 saturated carbocycles. The minimum absolute atomic E-state index is 0.186. The van der Waals surface area contributed by atoms with Gasteiger partial charge in [-0.3, -0.25) is 14.5 Å². The van der Waals surface area contributed by atoms with Crippen molar-refractivity contribution in [1.29, 1.82) is 0 Å². The number of carbonyl (C=O) groups excluding carboxylic acids is 2. The summed E-state index contributed by atoms with van der Waals surface area (Å²) in [7, 11) is -2.90. The van der Waals surface area contributed by atoms with E-state index in [0.29, 0.717) is 42.1 Å². The quantitative estimate of drug-likeness (QED) is 0.255. The highest BCUT2D eigenvalue weighted by atomic mass is 79.9. The monoisotopic (exact) mass is 631 g/mol. The van der Waals surface area contributed by atoms with Crippen LogP contribution in [0.3, 0.4) is 0 Å². The van der Waals surface area contributed by atoms with Crippen molar-refractivity contribution < 1.29 is 18.0 Å². The van der Waals surface area contributed by atoms with Gasteiger partial charge in [0.1, 0.15) is 0 Å². The van der Waals surface area contributed by atoms with Gasteiger partial charge >= 0.3 is 0 Å². The van der Waals surface area contributed by atoms with Crippen LogP contribution in [-0.4, -0.2) is 49.7 Å². The number of anilines is 2. The lowest BCUT2D eigenvalue weighted by Crippen LogP contribution is -2.39. The number of rotatable bonds is 7. The molecule has 0 bridgehead atoms. The largest absolute Gasteiger partial charge is 0.322 e. The third-order valence-electron chi connectivity index (χ3n) is 7.11. The van der Waals surface area contributed by atoms with E-state index < -0.39 is 9.84 Å². The molecule has 41 heavy (non-hydrogen) atoms. The Morgan fingerprint density at radius 1 is 0.756 bits per heavy atom. The fourth-order valence-electron chi connectivity index (χ4n) is 4.68. The second-order valence-electron chi connectivity index (χ2n) is 10.1. The van der Waals surface area contributed by atoms with Gasteiger partial charge in [0.15, 0.2) is 9.84 Å². The van der Waals surface area contributed by atoms with Gasteiger partial charge in [0.2, 0.25) is 0 Å². The van der Waals surface area contributed by atoms with E-state index in [1.807, 2.05) is 73.7 Å². The predicted molar refractivity (Wildman–Crippen MR) is 167 cm³/mol. The summed E-state index contributed by atoms with van der Waals surface area (Å²) < 4.78 is 24.2. The van der Waals surface area contributed by atoms with Crippen LogP contribution in [0.1, 0.15) is 31.8 Å². The maximum absolute atomic E-state index is 12.9. The number of amides is 2. The molecule has 1 fully saturated rings. The van der Waals surface area contributed by atoms with Crippen molar-refractivity contribution in [3.05, 3.63) is 118 Å². The zero-order chi connectivity index (χ0) is 29.0. The van der Waals surface area contributed by atoms with E-state index >= 15 is 0 Å². The van der Waals surface area contributed by atoms with E-state index in [1.54, 1.807) is 24.3 Å². The van der Waals surface area contributed by atoms with Crippen molar-refractivity contribution in [3.63, 3.8) is 0 Å². The third-order valence-corrected chi connectivity index (χ3v) is 9.25. The van der Waals surface area contributed by atoms with Crippen LogP contribution in [0.4, 0.5) is 11.4 Å². The number of nitrogens with zero attached hydrogens (tertiary/aromatic N) is 1. The second-order valence-corrected chi connectivity index (χ2v) is 13.4. The molecule has 0 aromatic heterocycles. The van der Waals surface area contributed by atoms with E-state index in [9.17, 15) is 18.0 Å². The third kappa shape index (κ3) is 7.49. The molecule has 0 spiro atoms. The molecule has 1 saturated heterocycles. The average molecular weight is 633 g/mol. The summed E-state index contributed by atoms with van der Waals surface area (Å²) in [5.41, 5.74) is 6.50. The summed E-state index contributed by atoms with van der Waals surface area (Å²) in [6.07, 6.45) is 0. The van der Waals surface area contributed by atoms with Gasteiger partial charge in [-0.05, 0) is 89.8 Å². The van der Waals surface area contributed by atoms with Gasteiger partial charge in [-0.25, -0.2) is 8.42 Å². The lowest BCUT2D eigenvalue weighted by atomic mass is 9.98. The highest BCUT2D eigenvalue weighted by Crippen LogP contribution is 2.28. The Hall–Kier alpha value is -3.79. The molecule has 7 nitrogen and oxygen atoms in total. The first-order valence-electron chi connectivity index (χ1n) is 13.3. The number of carbonyl (C=O) groups is 2. The van der Waals surface area contributed by atoms with Crippen molar-refractivity contribution in [2.24, 2.45) is 0 Å². The number of halogens is 1. The summed E-state index contributed by atoms with van der Waals surface area (Å²) >= 11 is 3.38. The number of sulfone groups is 1. The van der Waals surface area contributed by atoms with Crippen LogP contribution in [-0.2, 0) is 16.4 Å². The Morgan fingerprint density at radius 2 is 1.29 bits per heavy atom. The SMILES string of the molecule is Cc1ccc(NC(=O)c2ccc(Br)cc2)cc1-c1ccc(C(=O)Nc2ccc(CN3CCS(=O)(=O)CC3)cc2)cc1. The van der Waals surface area contributed by atoms with E-state index in [0.717, 1.165) is 26.7 Å². The number of nitrogens with one attached hydrogen (secondary N) is 2. The van der Waals surface area contributed by atoms with Crippen LogP contribution < -0.4 is 10.6 Å². The molecule has 0 radical (unpaired) electrons. The summed E-state index contributed by atoms with van der Waals surface area (Å²) in [6, 6.07) is 28.0. The number of benzene rings is 4. The molecule has 0 aliphatic carbocycles. The average Bonchev–Trinajstić information content (AvgIpc) is 2.96.